The maximum Gasteiger partial charge on any atom is 0.317 e. The Kier molecular flexibility index (Phi) is 5.50. The number of hydrogen-bond donors (Lipinski definition) is 1. The smallest absolute Gasteiger partial charge is 0.317 e. The molecule has 2 aromatic rings. The van der Waals surface area contributed by atoms with Crippen LogP contribution >= 0.6 is 0 Å². The van der Waals surface area contributed by atoms with Gasteiger partial charge in [-0.2, -0.15) is 0 Å². The average molecular weight is 362 g/mol. The predicted octanol–water partition coefficient (Wildman–Crippen LogP) is 2.40. The molecule has 6 nitrogen and oxygen atoms in total. The van der Waals surface area contributed by atoms with E-state index < -0.39 is 5.82 Å². The lowest BCUT2D eigenvalue weighted by molar-refractivity contribution is 0.193. The van der Waals surface area contributed by atoms with Gasteiger partial charge in [-0.15, -0.1) is 0 Å². The number of carbonyl (C=O) groups is 1. The largest absolute Gasteiger partial charge is 0.497 e. The van der Waals surface area contributed by atoms with Gasteiger partial charge in [0.2, 0.25) is 0 Å². The number of nitrogens with one attached hydrogen (secondary N) is 1. The van der Waals surface area contributed by atoms with Crippen molar-refractivity contribution in [3.05, 3.63) is 53.9 Å². The fraction of sp³-hybridized carbons (Fsp3) is 0.333. The highest BCUT2D eigenvalue weighted by Gasteiger charge is 2.22. The number of piperazine rings is 1. The van der Waals surface area contributed by atoms with Gasteiger partial charge in [0.15, 0.2) is 5.82 Å². The quantitative estimate of drug-likeness (QED) is 0.908. The van der Waals surface area contributed by atoms with Crippen LogP contribution in [0.3, 0.4) is 0 Å². The second-order valence-corrected chi connectivity index (χ2v) is 5.92. The highest BCUT2D eigenvalue weighted by Crippen LogP contribution is 2.19. The van der Waals surface area contributed by atoms with Crippen molar-refractivity contribution in [3.63, 3.8) is 0 Å². The molecule has 0 radical (unpaired) electrons. The summed E-state index contributed by atoms with van der Waals surface area (Å²) >= 11 is 0. The zero-order valence-electron chi connectivity index (χ0n) is 14.4. The average Bonchev–Trinajstić information content (AvgIpc) is 2.67. The molecule has 1 aliphatic rings. The standard InChI is InChI=1S/C18H20F2N4O2/c1-26-14-2-3-15(19)13(10-14)11-22-18(25)24-8-6-23(7-9-24)17-4-5-21-12-16(17)20/h2-5,10,12H,6-9,11H2,1H3,(H,22,25). The maximum atomic E-state index is 13.8. The lowest BCUT2D eigenvalue weighted by Gasteiger charge is -2.36. The minimum absolute atomic E-state index is 0.0705. The van der Waals surface area contributed by atoms with Gasteiger partial charge in [-0.25, -0.2) is 13.6 Å². The second-order valence-electron chi connectivity index (χ2n) is 5.92. The SMILES string of the molecule is COc1ccc(F)c(CNC(=O)N2CCN(c3ccncc3F)CC2)c1. The number of benzene rings is 1. The lowest BCUT2D eigenvalue weighted by atomic mass is 10.2. The van der Waals surface area contributed by atoms with E-state index in [0.717, 1.165) is 0 Å². The van der Waals surface area contributed by atoms with Crippen LogP contribution in [0.5, 0.6) is 5.75 Å². The van der Waals surface area contributed by atoms with Crippen molar-refractivity contribution in [3.8, 4) is 5.75 Å². The number of pyridine rings is 1. The van der Waals surface area contributed by atoms with Gasteiger partial charge in [-0.3, -0.25) is 4.98 Å². The summed E-state index contributed by atoms with van der Waals surface area (Å²) in [7, 11) is 1.50. The van der Waals surface area contributed by atoms with Crippen LogP contribution in [0.2, 0.25) is 0 Å². The minimum atomic E-state index is -0.399. The molecule has 2 heterocycles. The molecule has 2 amide bonds. The number of anilines is 1. The molecule has 3 rings (SSSR count). The molecule has 0 spiro atoms. The fourth-order valence-electron chi connectivity index (χ4n) is 2.87. The molecular formula is C18H20F2N4O2. The third kappa shape index (κ3) is 4.01. The van der Waals surface area contributed by atoms with Gasteiger partial charge in [0, 0.05) is 44.5 Å². The second kappa shape index (κ2) is 7.99. The van der Waals surface area contributed by atoms with E-state index in [1.54, 1.807) is 23.2 Å². The molecule has 0 unspecified atom stereocenters. The van der Waals surface area contributed by atoms with E-state index in [-0.39, 0.29) is 18.4 Å². The summed E-state index contributed by atoms with van der Waals surface area (Å²) in [5.41, 5.74) is 0.841. The van der Waals surface area contributed by atoms with Crippen LogP contribution in [0.4, 0.5) is 19.3 Å². The number of hydrogen-bond acceptors (Lipinski definition) is 4. The van der Waals surface area contributed by atoms with Gasteiger partial charge < -0.3 is 19.9 Å². The summed E-state index contributed by atoms with van der Waals surface area (Å²) in [5.74, 6) is -0.244. The lowest BCUT2D eigenvalue weighted by Crippen LogP contribution is -2.52. The van der Waals surface area contributed by atoms with E-state index in [0.29, 0.717) is 43.2 Å². The van der Waals surface area contributed by atoms with Crippen LogP contribution < -0.4 is 15.0 Å². The summed E-state index contributed by atoms with van der Waals surface area (Å²) in [5, 5.41) is 2.72. The summed E-state index contributed by atoms with van der Waals surface area (Å²) in [6.45, 7) is 2.01. The van der Waals surface area contributed by atoms with Gasteiger partial charge in [-0.1, -0.05) is 0 Å². The molecule has 1 N–H and O–H groups in total. The third-order valence-electron chi connectivity index (χ3n) is 4.34. The molecule has 1 aliphatic heterocycles. The molecular weight excluding hydrogens is 342 g/mol. The number of aromatic nitrogens is 1. The Balaban J connectivity index is 1.53. The Hall–Kier alpha value is -2.90. The Bertz CT molecular complexity index is 780. The number of urea groups is 1. The van der Waals surface area contributed by atoms with Gasteiger partial charge in [0.25, 0.3) is 0 Å². The van der Waals surface area contributed by atoms with Gasteiger partial charge in [0.05, 0.1) is 19.0 Å². The van der Waals surface area contributed by atoms with Crippen molar-refractivity contribution in [2.24, 2.45) is 0 Å². The van der Waals surface area contributed by atoms with Crippen molar-refractivity contribution >= 4 is 11.7 Å². The van der Waals surface area contributed by atoms with Gasteiger partial charge in [0.1, 0.15) is 11.6 Å². The van der Waals surface area contributed by atoms with E-state index in [4.69, 9.17) is 4.74 Å². The normalized spacial score (nSPS) is 14.3. The summed E-state index contributed by atoms with van der Waals surface area (Å²) in [6.07, 6.45) is 2.72. The molecule has 138 valence electrons. The van der Waals surface area contributed by atoms with E-state index in [1.807, 2.05) is 4.90 Å². The molecule has 8 heteroatoms. The first-order valence-electron chi connectivity index (χ1n) is 8.28. The molecule has 26 heavy (non-hydrogen) atoms. The van der Waals surface area contributed by atoms with Crippen molar-refractivity contribution in [1.82, 2.24) is 15.2 Å². The zero-order chi connectivity index (χ0) is 18.5. The summed E-state index contributed by atoms with van der Waals surface area (Å²) in [4.78, 5) is 19.6. The number of nitrogens with zero attached hydrogens (tertiary/aromatic N) is 3. The number of ether oxygens (including phenoxy) is 1. The first-order chi connectivity index (χ1) is 12.6. The molecule has 0 saturated carbocycles. The van der Waals surface area contributed by atoms with Gasteiger partial charge in [-0.05, 0) is 24.3 Å². The predicted molar refractivity (Wildman–Crippen MR) is 93.2 cm³/mol. The Morgan fingerprint density at radius 3 is 2.65 bits per heavy atom. The monoisotopic (exact) mass is 362 g/mol. The minimum Gasteiger partial charge on any atom is -0.497 e. The summed E-state index contributed by atoms with van der Waals surface area (Å²) in [6, 6.07) is 5.73. The van der Waals surface area contributed by atoms with Crippen LogP contribution in [-0.4, -0.2) is 49.2 Å². The van der Waals surface area contributed by atoms with Crippen LogP contribution in [-0.2, 0) is 6.54 Å². The van der Waals surface area contributed by atoms with E-state index in [1.165, 1.54) is 25.4 Å². The Morgan fingerprint density at radius 1 is 1.19 bits per heavy atom. The maximum absolute atomic E-state index is 13.8. The Labute approximate surface area is 150 Å². The number of amides is 2. The van der Waals surface area contributed by atoms with Crippen molar-refractivity contribution < 1.29 is 18.3 Å². The van der Waals surface area contributed by atoms with Crippen LogP contribution in [0.25, 0.3) is 0 Å². The van der Waals surface area contributed by atoms with Crippen molar-refractivity contribution in [2.45, 2.75) is 6.54 Å². The van der Waals surface area contributed by atoms with Crippen LogP contribution in [0, 0.1) is 11.6 Å². The molecule has 0 bridgehead atoms. The highest BCUT2D eigenvalue weighted by molar-refractivity contribution is 5.74. The number of carbonyl (C=O) groups excluding carboxylic acids is 1. The van der Waals surface area contributed by atoms with Gasteiger partial charge >= 0.3 is 6.03 Å². The molecule has 0 atom stereocenters. The van der Waals surface area contributed by atoms with E-state index in [9.17, 15) is 13.6 Å². The third-order valence-corrected chi connectivity index (χ3v) is 4.34. The van der Waals surface area contributed by atoms with Crippen molar-refractivity contribution in [2.75, 3.05) is 38.2 Å². The molecule has 1 saturated heterocycles. The number of halogens is 2. The van der Waals surface area contributed by atoms with Crippen LogP contribution in [0.15, 0.2) is 36.7 Å². The highest BCUT2D eigenvalue weighted by atomic mass is 19.1. The zero-order valence-corrected chi connectivity index (χ0v) is 14.4. The molecule has 1 aromatic heterocycles. The molecule has 1 fully saturated rings. The topological polar surface area (TPSA) is 57.7 Å². The first kappa shape index (κ1) is 17.9. The number of methoxy groups -OCH3 is 1. The summed E-state index contributed by atoms with van der Waals surface area (Å²) < 4.78 is 32.7. The fourth-order valence-corrected chi connectivity index (χ4v) is 2.87. The van der Waals surface area contributed by atoms with Crippen LogP contribution in [0.1, 0.15) is 5.56 Å². The van der Waals surface area contributed by atoms with E-state index in [2.05, 4.69) is 10.3 Å². The van der Waals surface area contributed by atoms with E-state index >= 15 is 0 Å². The Morgan fingerprint density at radius 2 is 1.96 bits per heavy atom. The van der Waals surface area contributed by atoms with Crippen molar-refractivity contribution in [1.29, 1.82) is 0 Å². The molecule has 0 aliphatic carbocycles. The number of rotatable bonds is 4. The molecule has 1 aromatic carbocycles. The first-order valence-corrected chi connectivity index (χ1v) is 8.28.